The van der Waals surface area contributed by atoms with Crippen LogP contribution in [-0.2, 0) is 19.6 Å². The molecule has 1 aliphatic carbocycles. The summed E-state index contributed by atoms with van der Waals surface area (Å²) in [6, 6.07) is 20.5. The van der Waals surface area contributed by atoms with Gasteiger partial charge in [0.1, 0.15) is 12.6 Å². The molecule has 1 atom stereocenters. The molecule has 1 amide bonds. The summed E-state index contributed by atoms with van der Waals surface area (Å²) in [5, 5.41) is 19.7. The molecule has 0 aromatic heterocycles. The summed E-state index contributed by atoms with van der Waals surface area (Å²) in [5.74, 6) is -2.16. The fourth-order valence-electron chi connectivity index (χ4n) is 4.69. The zero-order valence-corrected chi connectivity index (χ0v) is 22.1. The average Bonchev–Trinajstić information content (AvgIpc) is 3.22. The number of rotatable bonds is 10. The van der Waals surface area contributed by atoms with Crippen molar-refractivity contribution < 1.29 is 27.9 Å². The molecule has 0 saturated carbocycles. The number of carbonyl (C=O) groups is 2. The Hall–Kier alpha value is -4.38. The van der Waals surface area contributed by atoms with Gasteiger partial charge in [-0.2, -0.15) is 0 Å². The number of alkyl carbamates (subject to hydrolysis) is 1. The van der Waals surface area contributed by atoms with E-state index < -0.39 is 34.1 Å². The van der Waals surface area contributed by atoms with Crippen LogP contribution >= 0.6 is 0 Å². The number of aliphatic carboxylic acids is 1. The molecule has 0 fully saturated rings. The summed E-state index contributed by atoms with van der Waals surface area (Å²) in [5.41, 5.74) is 10.6. The summed E-state index contributed by atoms with van der Waals surface area (Å²) in [6.07, 6.45) is -0.974. The first-order chi connectivity index (χ1) is 18.6. The first kappa shape index (κ1) is 27.6. The lowest BCUT2D eigenvalue weighted by molar-refractivity contribution is -0.139. The number of carbonyl (C=O) groups excluding carboxylic acids is 1. The maximum atomic E-state index is 13.0. The summed E-state index contributed by atoms with van der Waals surface area (Å²) in [7, 11) is -4.10. The largest absolute Gasteiger partial charge is 0.480 e. The molecule has 3 aromatic carbocycles. The second-order valence-electron chi connectivity index (χ2n) is 9.28. The molecule has 3 aromatic rings. The number of nitrogens with one attached hydrogen (secondary N) is 2. The molecule has 39 heavy (non-hydrogen) atoms. The first-order valence-electron chi connectivity index (χ1n) is 12.4. The van der Waals surface area contributed by atoms with Crippen molar-refractivity contribution in [2.24, 2.45) is 5.73 Å². The number of amides is 1. The maximum absolute atomic E-state index is 13.0. The van der Waals surface area contributed by atoms with Crippen LogP contribution in [0.1, 0.15) is 35.4 Å². The predicted octanol–water partition coefficient (Wildman–Crippen LogP) is 3.65. The summed E-state index contributed by atoms with van der Waals surface area (Å²) >= 11 is 0. The fourth-order valence-corrected chi connectivity index (χ4v) is 6.05. The SMILES string of the molecule is Cc1ccc(S(=O)(=O)N(CCC[C@H](NC(=O)OCC2c3ccccc3-c3ccccc32)C(=O)O)C(=N)N)cc1. The fraction of sp³-hybridized carbons (Fsp3) is 0.250. The van der Waals surface area contributed by atoms with Gasteiger partial charge in [-0.3, -0.25) is 5.41 Å². The van der Waals surface area contributed by atoms with Gasteiger partial charge < -0.3 is 20.9 Å². The van der Waals surface area contributed by atoms with Crippen LogP contribution in [0.4, 0.5) is 4.79 Å². The Bertz CT molecular complexity index is 1440. The van der Waals surface area contributed by atoms with E-state index in [2.05, 4.69) is 5.32 Å². The molecule has 0 aliphatic heterocycles. The Morgan fingerprint density at radius 3 is 2.13 bits per heavy atom. The molecular weight excluding hydrogens is 520 g/mol. The molecule has 0 unspecified atom stereocenters. The number of guanidine groups is 1. The Labute approximate surface area is 227 Å². The second-order valence-corrected chi connectivity index (χ2v) is 11.1. The van der Waals surface area contributed by atoms with Crippen LogP contribution in [0.5, 0.6) is 0 Å². The Kier molecular flexibility index (Phi) is 8.20. The summed E-state index contributed by atoms with van der Waals surface area (Å²) in [6.45, 7) is 1.61. The van der Waals surface area contributed by atoms with Crippen LogP contribution in [0.25, 0.3) is 11.1 Å². The van der Waals surface area contributed by atoms with Gasteiger partial charge in [0.2, 0.25) is 5.96 Å². The third kappa shape index (κ3) is 6.04. The van der Waals surface area contributed by atoms with Crippen molar-refractivity contribution in [1.82, 2.24) is 9.62 Å². The third-order valence-electron chi connectivity index (χ3n) is 6.67. The minimum absolute atomic E-state index is 0.0191. The number of sulfonamides is 1. The number of benzene rings is 3. The normalized spacial score (nSPS) is 13.2. The van der Waals surface area contributed by atoms with Crippen molar-refractivity contribution in [2.45, 2.75) is 36.6 Å². The molecule has 204 valence electrons. The number of hydrogen-bond donors (Lipinski definition) is 4. The summed E-state index contributed by atoms with van der Waals surface area (Å²) < 4.78 is 32.1. The van der Waals surface area contributed by atoms with Crippen LogP contribution < -0.4 is 11.1 Å². The van der Waals surface area contributed by atoms with E-state index in [-0.39, 0.29) is 36.8 Å². The van der Waals surface area contributed by atoms with Crippen molar-refractivity contribution in [1.29, 1.82) is 5.41 Å². The van der Waals surface area contributed by atoms with Crippen LogP contribution in [0, 0.1) is 12.3 Å². The van der Waals surface area contributed by atoms with E-state index in [0.29, 0.717) is 4.31 Å². The van der Waals surface area contributed by atoms with E-state index in [1.54, 1.807) is 12.1 Å². The number of nitrogens with two attached hydrogens (primary N) is 1. The van der Waals surface area contributed by atoms with Gasteiger partial charge in [-0.05, 0) is 54.2 Å². The monoisotopic (exact) mass is 550 g/mol. The second kappa shape index (κ2) is 11.6. The molecule has 4 rings (SSSR count). The number of ether oxygens (including phenoxy) is 1. The molecule has 0 bridgehead atoms. The molecule has 5 N–H and O–H groups in total. The Morgan fingerprint density at radius 1 is 1.03 bits per heavy atom. The van der Waals surface area contributed by atoms with E-state index in [4.69, 9.17) is 15.9 Å². The van der Waals surface area contributed by atoms with Crippen molar-refractivity contribution in [3.63, 3.8) is 0 Å². The lowest BCUT2D eigenvalue weighted by atomic mass is 9.98. The molecular formula is C28H30N4O6S. The quantitative estimate of drug-likeness (QED) is 0.221. The highest BCUT2D eigenvalue weighted by atomic mass is 32.2. The number of carboxylic acid groups (broad SMARTS) is 1. The maximum Gasteiger partial charge on any atom is 0.407 e. The van der Waals surface area contributed by atoms with Crippen molar-refractivity contribution in [3.05, 3.63) is 89.5 Å². The smallest absolute Gasteiger partial charge is 0.407 e. The van der Waals surface area contributed by atoms with E-state index in [1.807, 2.05) is 55.5 Å². The number of aryl methyl sites for hydroxylation is 1. The van der Waals surface area contributed by atoms with Crippen LogP contribution in [0.3, 0.4) is 0 Å². The first-order valence-corrected chi connectivity index (χ1v) is 13.8. The van der Waals surface area contributed by atoms with Gasteiger partial charge >= 0.3 is 12.1 Å². The van der Waals surface area contributed by atoms with Crippen molar-refractivity contribution in [2.75, 3.05) is 13.2 Å². The zero-order chi connectivity index (χ0) is 28.2. The molecule has 0 radical (unpaired) electrons. The van der Waals surface area contributed by atoms with Gasteiger partial charge in [0.15, 0.2) is 0 Å². The van der Waals surface area contributed by atoms with Crippen molar-refractivity contribution in [3.8, 4) is 11.1 Å². The van der Waals surface area contributed by atoms with Crippen molar-refractivity contribution >= 4 is 28.0 Å². The molecule has 10 nitrogen and oxygen atoms in total. The predicted molar refractivity (Wildman–Crippen MR) is 146 cm³/mol. The highest BCUT2D eigenvalue weighted by Crippen LogP contribution is 2.44. The average molecular weight is 551 g/mol. The highest BCUT2D eigenvalue weighted by Gasteiger charge is 2.30. The van der Waals surface area contributed by atoms with Gasteiger partial charge in [0.25, 0.3) is 10.0 Å². The number of nitrogens with zero attached hydrogens (tertiary/aromatic N) is 1. The van der Waals surface area contributed by atoms with Gasteiger partial charge in [0.05, 0.1) is 4.90 Å². The third-order valence-corrected chi connectivity index (χ3v) is 8.49. The van der Waals surface area contributed by atoms with E-state index in [1.165, 1.54) is 12.1 Å². The Morgan fingerprint density at radius 2 is 1.59 bits per heavy atom. The molecule has 11 heteroatoms. The zero-order valence-electron chi connectivity index (χ0n) is 21.3. The van der Waals surface area contributed by atoms with Gasteiger partial charge in [-0.1, -0.05) is 66.2 Å². The topological polar surface area (TPSA) is 163 Å². The lowest BCUT2D eigenvalue weighted by Crippen LogP contribution is -2.44. The highest BCUT2D eigenvalue weighted by molar-refractivity contribution is 7.89. The van der Waals surface area contributed by atoms with Gasteiger partial charge in [-0.25, -0.2) is 22.3 Å². The van der Waals surface area contributed by atoms with Crippen LogP contribution in [0.2, 0.25) is 0 Å². The standard InChI is InChI=1S/C28H30N4O6S/c1-18-12-14-19(15-13-18)39(36,37)32(27(29)30)16-6-11-25(26(33)34)31-28(35)38-17-24-22-9-4-2-7-20(22)21-8-3-5-10-23(21)24/h2-5,7-10,12-15,24-25H,6,11,16-17H2,1H3,(H3,29,30)(H,31,35)(H,33,34)/t25-/m0/s1. The minimum atomic E-state index is -4.10. The van der Waals surface area contributed by atoms with Crippen LogP contribution in [0.15, 0.2) is 77.7 Å². The molecule has 0 spiro atoms. The van der Waals surface area contributed by atoms with Gasteiger partial charge in [0, 0.05) is 12.5 Å². The van der Waals surface area contributed by atoms with Gasteiger partial charge in [-0.15, -0.1) is 0 Å². The summed E-state index contributed by atoms with van der Waals surface area (Å²) in [4.78, 5) is 24.3. The number of hydrogen-bond acceptors (Lipinski definition) is 6. The minimum Gasteiger partial charge on any atom is -0.480 e. The van der Waals surface area contributed by atoms with Crippen LogP contribution in [-0.4, -0.2) is 55.0 Å². The number of fused-ring (bicyclic) bond motifs is 3. The Balaban J connectivity index is 1.36. The van der Waals surface area contributed by atoms with E-state index in [9.17, 15) is 23.1 Å². The van der Waals surface area contributed by atoms with E-state index in [0.717, 1.165) is 27.8 Å². The number of carboxylic acids is 1. The molecule has 0 heterocycles. The molecule has 0 saturated heterocycles. The van der Waals surface area contributed by atoms with E-state index >= 15 is 0 Å². The lowest BCUT2D eigenvalue weighted by Gasteiger charge is -2.23. The molecule has 1 aliphatic rings.